The first-order valence-corrected chi connectivity index (χ1v) is 9.10. The summed E-state index contributed by atoms with van der Waals surface area (Å²) < 4.78 is 5.18. The van der Waals surface area contributed by atoms with Crippen molar-refractivity contribution in [3.8, 4) is 0 Å². The summed E-state index contributed by atoms with van der Waals surface area (Å²) in [4.78, 5) is 25.2. The van der Waals surface area contributed by atoms with Gasteiger partial charge in [-0.2, -0.15) is 15.0 Å². The number of nitrogens with zero attached hydrogens (tertiary/aromatic N) is 3. The van der Waals surface area contributed by atoms with Crippen molar-refractivity contribution < 1.29 is 9.53 Å². The zero-order valence-corrected chi connectivity index (χ0v) is 15.8. The zero-order valence-electron chi connectivity index (χ0n) is 15.0. The molecule has 0 amide bonds. The highest BCUT2D eigenvalue weighted by atomic mass is 32.1. The van der Waals surface area contributed by atoms with Gasteiger partial charge in [0, 0.05) is 16.6 Å². The second-order valence-electron chi connectivity index (χ2n) is 5.83. The van der Waals surface area contributed by atoms with Crippen LogP contribution in [0.15, 0.2) is 41.8 Å². The summed E-state index contributed by atoms with van der Waals surface area (Å²) in [6, 6.07) is 9.75. The molecule has 0 bridgehead atoms. The third kappa shape index (κ3) is 5.35. The van der Waals surface area contributed by atoms with Gasteiger partial charge in [-0.15, -0.1) is 11.3 Å². The molecule has 1 aromatic carbocycles. The number of ether oxygens (including phenoxy) is 1. The number of nitrogens with two attached hydrogens (primary N) is 1. The minimum Gasteiger partial charge on any atom is -0.454 e. The van der Waals surface area contributed by atoms with Crippen molar-refractivity contribution in [3.63, 3.8) is 0 Å². The summed E-state index contributed by atoms with van der Waals surface area (Å²) in [6.07, 6.45) is 3.11. The van der Waals surface area contributed by atoms with Crippen molar-refractivity contribution in [2.75, 3.05) is 11.1 Å². The van der Waals surface area contributed by atoms with E-state index in [1.54, 1.807) is 17.4 Å². The van der Waals surface area contributed by atoms with Crippen LogP contribution >= 0.6 is 11.3 Å². The summed E-state index contributed by atoms with van der Waals surface area (Å²) in [5.74, 6) is 0.138. The van der Waals surface area contributed by atoms with Gasteiger partial charge >= 0.3 is 5.97 Å². The lowest BCUT2D eigenvalue weighted by Crippen LogP contribution is -2.10. The Kier molecular flexibility index (Phi) is 5.77. The number of aromatic nitrogens is 3. The first kappa shape index (κ1) is 18.5. The molecule has 0 aliphatic rings. The summed E-state index contributed by atoms with van der Waals surface area (Å²) in [5, 5.41) is 5.02. The van der Waals surface area contributed by atoms with E-state index < -0.39 is 5.97 Å². The molecule has 0 atom stereocenters. The number of benzene rings is 1. The van der Waals surface area contributed by atoms with Crippen LogP contribution in [0.1, 0.15) is 21.8 Å². The number of hydrogen-bond acceptors (Lipinski definition) is 8. The van der Waals surface area contributed by atoms with Crippen LogP contribution < -0.4 is 11.1 Å². The number of anilines is 3. The number of rotatable bonds is 6. The number of aryl methyl sites for hydroxylation is 2. The first-order valence-electron chi connectivity index (χ1n) is 8.22. The van der Waals surface area contributed by atoms with Crippen LogP contribution in [0.5, 0.6) is 0 Å². The van der Waals surface area contributed by atoms with Gasteiger partial charge in [0.1, 0.15) is 0 Å². The lowest BCUT2D eigenvalue weighted by Gasteiger charge is -2.07. The molecule has 3 aromatic rings. The molecular weight excluding hydrogens is 362 g/mol. The highest BCUT2D eigenvalue weighted by Crippen LogP contribution is 2.17. The number of thiophene rings is 1. The second-order valence-corrected chi connectivity index (χ2v) is 6.78. The molecule has 0 fully saturated rings. The fraction of sp³-hybridized carbons (Fsp3) is 0.158. The molecule has 0 radical (unpaired) electrons. The Morgan fingerprint density at radius 2 is 1.96 bits per heavy atom. The van der Waals surface area contributed by atoms with E-state index in [4.69, 9.17) is 10.5 Å². The fourth-order valence-corrected chi connectivity index (χ4v) is 3.03. The van der Waals surface area contributed by atoms with Crippen LogP contribution in [-0.2, 0) is 16.1 Å². The van der Waals surface area contributed by atoms with Crippen LogP contribution in [-0.4, -0.2) is 20.9 Å². The maximum Gasteiger partial charge on any atom is 0.331 e. The molecule has 0 aliphatic heterocycles. The average Bonchev–Trinajstić information content (AvgIpc) is 3.05. The fourth-order valence-electron chi connectivity index (χ4n) is 2.21. The van der Waals surface area contributed by atoms with Gasteiger partial charge in [0.2, 0.25) is 11.9 Å². The Bertz CT molecular complexity index is 966. The second kappa shape index (κ2) is 8.41. The Morgan fingerprint density at radius 3 is 2.67 bits per heavy atom. The van der Waals surface area contributed by atoms with Crippen LogP contribution in [0.2, 0.25) is 0 Å². The van der Waals surface area contributed by atoms with Gasteiger partial charge < -0.3 is 15.8 Å². The van der Waals surface area contributed by atoms with Gasteiger partial charge in [-0.1, -0.05) is 17.7 Å². The van der Waals surface area contributed by atoms with Crippen molar-refractivity contribution in [2.45, 2.75) is 20.5 Å². The standard InChI is InChI=1S/C19H19N5O2S/c1-12-3-5-14(6-4-12)21-19-23-16(22-18(20)24-19)11-26-17(25)8-7-15-13(2)9-10-27-15/h3-10H,11H2,1-2H3,(H3,20,21,22,23,24)/b8-7+. The minimum absolute atomic E-state index is 0.0513. The molecule has 8 heteroatoms. The average molecular weight is 381 g/mol. The lowest BCUT2D eigenvalue weighted by atomic mass is 10.2. The van der Waals surface area contributed by atoms with E-state index in [1.165, 1.54) is 6.08 Å². The summed E-state index contributed by atoms with van der Waals surface area (Å²) in [5.41, 5.74) is 8.81. The first-order chi connectivity index (χ1) is 13.0. The molecule has 7 nitrogen and oxygen atoms in total. The molecule has 0 saturated carbocycles. The molecule has 138 valence electrons. The molecular formula is C19H19N5O2S. The Morgan fingerprint density at radius 1 is 1.19 bits per heavy atom. The number of nitrogen functional groups attached to an aromatic ring is 1. The zero-order chi connectivity index (χ0) is 19.2. The van der Waals surface area contributed by atoms with E-state index in [-0.39, 0.29) is 18.4 Å². The molecule has 0 spiro atoms. The summed E-state index contributed by atoms with van der Waals surface area (Å²) in [7, 11) is 0. The van der Waals surface area contributed by atoms with Crippen LogP contribution in [0, 0.1) is 13.8 Å². The van der Waals surface area contributed by atoms with E-state index in [0.29, 0.717) is 5.95 Å². The lowest BCUT2D eigenvalue weighted by molar-refractivity contribution is -0.139. The van der Waals surface area contributed by atoms with Gasteiger partial charge in [-0.05, 0) is 49.1 Å². The maximum atomic E-state index is 11.9. The SMILES string of the molecule is Cc1ccc(Nc2nc(N)nc(COC(=O)/C=C/c3sccc3C)n2)cc1. The molecule has 2 aromatic heterocycles. The smallest absolute Gasteiger partial charge is 0.331 e. The van der Waals surface area contributed by atoms with E-state index in [1.807, 2.05) is 49.6 Å². The number of carbonyl (C=O) groups is 1. The Balaban J connectivity index is 1.62. The molecule has 3 rings (SSSR count). The molecule has 0 unspecified atom stereocenters. The van der Waals surface area contributed by atoms with Gasteiger partial charge in [-0.25, -0.2) is 4.79 Å². The highest BCUT2D eigenvalue weighted by Gasteiger charge is 2.07. The third-order valence-electron chi connectivity index (χ3n) is 3.62. The predicted octanol–water partition coefficient (Wildman–Crippen LogP) is 3.63. The normalized spacial score (nSPS) is 10.9. The molecule has 0 aliphatic carbocycles. The largest absolute Gasteiger partial charge is 0.454 e. The van der Waals surface area contributed by atoms with E-state index >= 15 is 0 Å². The Hall–Kier alpha value is -3.26. The van der Waals surface area contributed by atoms with Crippen molar-refractivity contribution >= 4 is 41.0 Å². The quantitative estimate of drug-likeness (QED) is 0.496. The van der Waals surface area contributed by atoms with Crippen LogP contribution in [0.3, 0.4) is 0 Å². The number of carbonyl (C=O) groups excluding carboxylic acids is 1. The van der Waals surface area contributed by atoms with Gasteiger partial charge in [0.05, 0.1) is 0 Å². The number of nitrogens with one attached hydrogen (secondary N) is 1. The monoisotopic (exact) mass is 381 g/mol. The van der Waals surface area contributed by atoms with Crippen molar-refractivity contribution in [1.29, 1.82) is 0 Å². The van der Waals surface area contributed by atoms with E-state index in [2.05, 4.69) is 20.3 Å². The third-order valence-corrected chi connectivity index (χ3v) is 4.61. The Labute approximate surface area is 161 Å². The summed E-state index contributed by atoms with van der Waals surface area (Å²) >= 11 is 1.56. The molecule has 2 heterocycles. The molecule has 27 heavy (non-hydrogen) atoms. The van der Waals surface area contributed by atoms with Gasteiger partial charge in [0.25, 0.3) is 0 Å². The topological polar surface area (TPSA) is 103 Å². The van der Waals surface area contributed by atoms with Crippen LogP contribution in [0.25, 0.3) is 6.08 Å². The number of hydrogen-bond donors (Lipinski definition) is 2. The van der Waals surface area contributed by atoms with Crippen LogP contribution in [0.4, 0.5) is 17.6 Å². The minimum atomic E-state index is -0.477. The van der Waals surface area contributed by atoms with Crippen molar-refractivity contribution in [1.82, 2.24) is 15.0 Å². The summed E-state index contributed by atoms with van der Waals surface area (Å²) in [6.45, 7) is 3.89. The predicted molar refractivity (Wildman–Crippen MR) is 107 cm³/mol. The van der Waals surface area contributed by atoms with Gasteiger partial charge in [-0.3, -0.25) is 0 Å². The van der Waals surface area contributed by atoms with E-state index in [0.717, 1.165) is 21.7 Å². The van der Waals surface area contributed by atoms with Gasteiger partial charge in [0.15, 0.2) is 12.4 Å². The number of esters is 1. The molecule has 0 saturated heterocycles. The van der Waals surface area contributed by atoms with Crippen molar-refractivity contribution in [2.24, 2.45) is 0 Å². The maximum absolute atomic E-state index is 11.9. The van der Waals surface area contributed by atoms with Crippen molar-refractivity contribution in [3.05, 3.63) is 63.6 Å². The highest BCUT2D eigenvalue weighted by molar-refractivity contribution is 7.11. The molecule has 3 N–H and O–H groups in total. The van der Waals surface area contributed by atoms with E-state index in [9.17, 15) is 4.79 Å².